The molecule has 2 aromatic rings. The minimum absolute atomic E-state index is 0.151. The number of H-pyrrole nitrogens is 1. The number of amides is 1. The van der Waals surface area contributed by atoms with E-state index in [0.29, 0.717) is 11.3 Å². The van der Waals surface area contributed by atoms with Crippen LogP contribution in [0.15, 0.2) is 29.1 Å². The fraction of sp³-hybridized carbons (Fsp3) is 0.550. The van der Waals surface area contributed by atoms with Crippen molar-refractivity contribution in [3.63, 3.8) is 0 Å². The van der Waals surface area contributed by atoms with Crippen molar-refractivity contribution in [3.05, 3.63) is 40.3 Å². The SMILES string of the molecule is C[C@@H](CC1CC(NC(=O)OC(C)(C)C)C1)c1n[nH]c(=O)c2ccccc12. The van der Waals surface area contributed by atoms with Crippen LogP contribution in [0.25, 0.3) is 10.8 Å². The van der Waals surface area contributed by atoms with E-state index < -0.39 is 5.60 Å². The van der Waals surface area contributed by atoms with E-state index in [1.807, 2.05) is 45.0 Å². The van der Waals surface area contributed by atoms with Crippen LogP contribution >= 0.6 is 0 Å². The van der Waals surface area contributed by atoms with Gasteiger partial charge >= 0.3 is 6.09 Å². The quantitative estimate of drug-likeness (QED) is 0.873. The highest BCUT2D eigenvalue weighted by molar-refractivity contribution is 5.83. The van der Waals surface area contributed by atoms with Gasteiger partial charge in [-0.25, -0.2) is 9.89 Å². The van der Waals surface area contributed by atoms with Crippen molar-refractivity contribution in [1.29, 1.82) is 0 Å². The number of carbonyl (C=O) groups excluding carboxylic acids is 1. The van der Waals surface area contributed by atoms with Gasteiger partial charge < -0.3 is 10.1 Å². The van der Waals surface area contributed by atoms with E-state index in [2.05, 4.69) is 22.4 Å². The van der Waals surface area contributed by atoms with Gasteiger partial charge in [0.05, 0.1) is 11.1 Å². The van der Waals surface area contributed by atoms with Gasteiger partial charge in [-0.1, -0.05) is 25.1 Å². The summed E-state index contributed by atoms with van der Waals surface area (Å²) < 4.78 is 5.30. The van der Waals surface area contributed by atoms with Gasteiger partial charge in [-0.3, -0.25) is 4.79 Å². The maximum atomic E-state index is 11.9. The third kappa shape index (κ3) is 4.23. The summed E-state index contributed by atoms with van der Waals surface area (Å²) in [6.07, 6.45) is 2.54. The van der Waals surface area contributed by atoms with Crippen molar-refractivity contribution in [2.75, 3.05) is 0 Å². The molecule has 0 spiro atoms. The third-order valence-corrected chi connectivity index (χ3v) is 4.84. The number of hydrogen-bond donors (Lipinski definition) is 2. The van der Waals surface area contributed by atoms with E-state index in [9.17, 15) is 9.59 Å². The monoisotopic (exact) mass is 357 g/mol. The number of rotatable bonds is 4. The van der Waals surface area contributed by atoms with Crippen LogP contribution in [0.1, 0.15) is 58.6 Å². The Kier molecular flexibility index (Phi) is 5.03. The Labute approximate surface area is 153 Å². The number of hydrogen-bond acceptors (Lipinski definition) is 4. The van der Waals surface area contributed by atoms with Crippen molar-refractivity contribution >= 4 is 16.9 Å². The molecule has 1 saturated carbocycles. The van der Waals surface area contributed by atoms with E-state index in [4.69, 9.17) is 4.74 Å². The molecular weight excluding hydrogens is 330 g/mol. The maximum absolute atomic E-state index is 11.9. The highest BCUT2D eigenvalue weighted by atomic mass is 16.6. The van der Waals surface area contributed by atoms with Crippen LogP contribution in [-0.4, -0.2) is 27.9 Å². The summed E-state index contributed by atoms with van der Waals surface area (Å²) in [5, 5.41) is 11.4. The van der Waals surface area contributed by atoms with Gasteiger partial charge in [0.25, 0.3) is 5.56 Å². The van der Waals surface area contributed by atoms with Crippen LogP contribution in [0.3, 0.4) is 0 Å². The summed E-state index contributed by atoms with van der Waals surface area (Å²) >= 11 is 0. The molecule has 1 aliphatic carbocycles. The van der Waals surface area contributed by atoms with Crippen LogP contribution in [0, 0.1) is 5.92 Å². The van der Waals surface area contributed by atoms with E-state index >= 15 is 0 Å². The molecule has 140 valence electrons. The number of ether oxygens (including phenoxy) is 1. The molecule has 1 heterocycles. The number of nitrogens with zero attached hydrogens (tertiary/aromatic N) is 1. The van der Waals surface area contributed by atoms with Crippen molar-refractivity contribution < 1.29 is 9.53 Å². The van der Waals surface area contributed by atoms with E-state index in [1.54, 1.807) is 0 Å². The lowest BCUT2D eigenvalue weighted by Crippen LogP contribution is -2.46. The number of aromatic nitrogens is 2. The molecule has 0 saturated heterocycles. The van der Waals surface area contributed by atoms with Gasteiger partial charge in [-0.2, -0.15) is 5.10 Å². The summed E-state index contributed by atoms with van der Waals surface area (Å²) in [6.45, 7) is 7.72. The summed E-state index contributed by atoms with van der Waals surface area (Å²) in [5.74, 6) is 0.779. The summed E-state index contributed by atoms with van der Waals surface area (Å²) in [4.78, 5) is 23.7. The van der Waals surface area contributed by atoms with Crippen LogP contribution in [0.2, 0.25) is 0 Å². The smallest absolute Gasteiger partial charge is 0.407 e. The number of alkyl carbamates (subject to hydrolysis) is 1. The van der Waals surface area contributed by atoms with Crippen molar-refractivity contribution in [3.8, 4) is 0 Å². The van der Waals surface area contributed by atoms with Gasteiger partial charge in [-0.05, 0) is 52.0 Å². The minimum Gasteiger partial charge on any atom is -0.444 e. The Hall–Kier alpha value is -2.37. The molecule has 3 rings (SSSR count). The molecule has 1 aromatic carbocycles. The summed E-state index contributed by atoms with van der Waals surface area (Å²) in [7, 11) is 0. The number of nitrogens with one attached hydrogen (secondary N) is 2. The van der Waals surface area contributed by atoms with E-state index in [1.165, 1.54) is 0 Å². The molecule has 6 nitrogen and oxygen atoms in total. The minimum atomic E-state index is -0.474. The van der Waals surface area contributed by atoms with Gasteiger partial charge in [0.15, 0.2) is 0 Å². The van der Waals surface area contributed by atoms with Gasteiger partial charge in [0.2, 0.25) is 0 Å². The second kappa shape index (κ2) is 7.09. The number of fused-ring (bicyclic) bond motifs is 1. The Morgan fingerprint density at radius 1 is 1.31 bits per heavy atom. The normalized spacial score (nSPS) is 21.1. The van der Waals surface area contributed by atoms with Crippen LogP contribution in [0.5, 0.6) is 0 Å². The lowest BCUT2D eigenvalue weighted by molar-refractivity contribution is 0.0447. The number of carbonyl (C=O) groups is 1. The highest BCUT2D eigenvalue weighted by Crippen LogP contribution is 2.36. The first-order valence-corrected chi connectivity index (χ1v) is 9.20. The number of benzene rings is 1. The van der Waals surface area contributed by atoms with Crippen LogP contribution < -0.4 is 10.9 Å². The molecule has 6 heteroatoms. The molecule has 1 aliphatic rings. The van der Waals surface area contributed by atoms with Crippen molar-refractivity contribution in [1.82, 2.24) is 15.5 Å². The molecule has 0 aliphatic heterocycles. The van der Waals surface area contributed by atoms with Gasteiger partial charge in [0, 0.05) is 17.3 Å². The van der Waals surface area contributed by atoms with Crippen molar-refractivity contribution in [2.24, 2.45) is 5.92 Å². The van der Waals surface area contributed by atoms with Crippen LogP contribution in [0.4, 0.5) is 4.79 Å². The fourth-order valence-electron chi connectivity index (χ4n) is 3.64. The molecule has 1 atom stereocenters. The standard InChI is InChI=1S/C20H27N3O3/c1-12(17-15-7-5-6-8-16(15)18(24)23-22-17)9-13-10-14(11-13)21-19(25)26-20(2,3)4/h5-8,12-14H,9-11H2,1-4H3,(H,21,25)(H,23,24)/t12-,13?,14?/m0/s1. The molecule has 26 heavy (non-hydrogen) atoms. The maximum Gasteiger partial charge on any atom is 0.407 e. The van der Waals surface area contributed by atoms with Gasteiger partial charge in [-0.15, -0.1) is 0 Å². The predicted molar refractivity (Wildman–Crippen MR) is 101 cm³/mol. The average Bonchev–Trinajstić information content (AvgIpc) is 2.51. The molecule has 1 amide bonds. The largest absolute Gasteiger partial charge is 0.444 e. The number of aromatic amines is 1. The zero-order valence-electron chi connectivity index (χ0n) is 15.8. The molecule has 0 bridgehead atoms. The lowest BCUT2D eigenvalue weighted by Gasteiger charge is -2.37. The summed E-state index contributed by atoms with van der Waals surface area (Å²) in [6, 6.07) is 7.77. The Bertz CT molecular complexity index is 847. The predicted octanol–water partition coefficient (Wildman–Crippen LogP) is 3.72. The topological polar surface area (TPSA) is 84.1 Å². The molecule has 2 N–H and O–H groups in total. The third-order valence-electron chi connectivity index (χ3n) is 4.84. The fourth-order valence-corrected chi connectivity index (χ4v) is 3.64. The highest BCUT2D eigenvalue weighted by Gasteiger charge is 2.33. The first kappa shape index (κ1) is 18.4. The van der Waals surface area contributed by atoms with Gasteiger partial charge in [0.1, 0.15) is 5.60 Å². The lowest BCUT2D eigenvalue weighted by atomic mass is 9.74. The molecular formula is C20H27N3O3. The van der Waals surface area contributed by atoms with E-state index in [0.717, 1.165) is 30.3 Å². The Balaban J connectivity index is 1.56. The van der Waals surface area contributed by atoms with Crippen LogP contribution in [-0.2, 0) is 4.74 Å². The molecule has 0 unspecified atom stereocenters. The molecule has 1 fully saturated rings. The second-order valence-electron chi connectivity index (χ2n) is 8.30. The first-order chi connectivity index (χ1) is 12.2. The van der Waals surface area contributed by atoms with E-state index in [-0.39, 0.29) is 23.6 Å². The zero-order chi connectivity index (χ0) is 18.9. The molecule has 0 radical (unpaired) electrons. The Morgan fingerprint density at radius 3 is 2.62 bits per heavy atom. The van der Waals surface area contributed by atoms with Crippen molar-refractivity contribution in [2.45, 2.75) is 64.5 Å². The zero-order valence-corrected chi connectivity index (χ0v) is 15.8. The average molecular weight is 357 g/mol. The first-order valence-electron chi connectivity index (χ1n) is 9.20. The second-order valence-corrected chi connectivity index (χ2v) is 8.30. The summed E-state index contributed by atoms with van der Waals surface area (Å²) in [5.41, 5.74) is 0.309. The Morgan fingerprint density at radius 2 is 1.96 bits per heavy atom. The molecule has 1 aromatic heterocycles.